The molecule has 1 heterocycles. The average Bonchev–Trinajstić information content (AvgIpc) is 2.56. The van der Waals surface area contributed by atoms with Crippen LogP contribution in [-0.2, 0) is 0 Å². The van der Waals surface area contributed by atoms with E-state index >= 15 is 0 Å². The summed E-state index contributed by atoms with van der Waals surface area (Å²) in [7, 11) is 0. The molecule has 0 spiro atoms. The summed E-state index contributed by atoms with van der Waals surface area (Å²) in [4.78, 5) is 7.67. The lowest BCUT2D eigenvalue weighted by atomic mass is 9.83. The summed E-state index contributed by atoms with van der Waals surface area (Å²) in [6.45, 7) is 4.57. The van der Waals surface area contributed by atoms with Crippen molar-refractivity contribution in [3.63, 3.8) is 0 Å². The van der Waals surface area contributed by atoms with Crippen LogP contribution in [-0.4, -0.2) is 41.8 Å². The Labute approximate surface area is 141 Å². The maximum absolute atomic E-state index is 5.15. The molecule has 0 bridgehead atoms. The average molecular weight is 322 g/mol. The molecule has 0 aromatic carbocycles. The van der Waals surface area contributed by atoms with Crippen LogP contribution in [0.5, 0.6) is 0 Å². The Morgan fingerprint density at radius 3 is 2.95 bits per heavy atom. The highest BCUT2D eigenvalue weighted by Crippen LogP contribution is 2.31. The number of allylic oxidation sites excluding steroid dienone is 1. The van der Waals surface area contributed by atoms with Crippen LogP contribution in [0.1, 0.15) is 51.9 Å². The van der Waals surface area contributed by atoms with E-state index in [0.717, 1.165) is 24.6 Å². The van der Waals surface area contributed by atoms with Crippen LogP contribution in [0.3, 0.4) is 0 Å². The molecular weight excluding hydrogens is 290 g/mol. The molecule has 22 heavy (non-hydrogen) atoms. The molecule has 3 aliphatic rings. The van der Waals surface area contributed by atoms with Crippen LogP contribution >= 0.6 is 12.6 Å². The third kappa shape index (κ3) is 4.01. The van der Waals surface area contributed by atoms with Crippen molar-refractivity contribution in [3.05, 3.63) is 12.2 Å². The van der Waals surface area contributed by atoms with Crippen molar-refractivity contribution < 1.29 is 0 Å². The van der Waals surface area contributed by atoms with Gasteiger partial charge in [-0.1, -0.05) is 31.9 Å². The number of rotatable bonds is 4. The second-order valence-electron chi connectivity index (χ2n) is 7.38. The quantitative estimate of drug-likeness (QED) is 0.613. The molecule has 1 fully saturated rings. The zero-order chi connectivity index (χ0) is 15.4. The van der Waals surface area contributed by atoms with Gasteiger partial charge in [0.1, 0.15) is 0 Å². The Morgan fingerprint density at radius 1 is 1.32 bits per heavy atom. The van der Waals surface area contributed by atoms with Crippen LogP contribution in [0.4, 0.5) is 0 Å². The number of hydrogen-bond acceptors (Lipinski definition) is 4. The molecule has 1 aliphatic heterocycles. The molecular formula is C18H31N3S. The lowest BCUT2D eigenvalue weighted by Crippen LogP contribution is -2.54. The Hall–Kier alpha value is -0.640. The molecule has 0 radical (unpaired) electrons. The van der Waals surface area contributed by atoms with Gasteiger partial charge in [0.05, 0.1) is 6.04 Å². The SMILES string of the molecule is CC(CS)CN1CC2CCCCC2N=C1NC1CC=CCC1. The van der Waals surface area contributed by atoms with Crippen LogP contribution in [0, 0.1) is 11.8 Å². The van der Waals surface area contributed by atoms with E-state index in [9.17, 15) is 0 Å². The first kappa shape index (κ1) is 16.2. The number of hydrogen-bond donors (Lipinski definition) is 2. The standard InChI is InChI=1S/C18H31N3S/c1-14(13-22)11-21-12-15-7-5-6-10-17(15)20-18(21)19-16-8-3-2-4-9-16/h2-3,14-17,22H,4-13H2,1H3,(H,19,20). The highest BCUT2D eigenvalue weighted by Gasteiger charge is 2.33. The van der Waals surface area contributed by atoms with E-state index in [1.807, 2.05) is 0 Å². The van der Waals surface area contributed by atoms with Crippen LogP contribution in [0.15, 0.2) is 17.1 Å². The highest BCUT2D eigenvalue weighted by atomic mass is 32.1. The van der Waals surface area contributed by atoms with Gasteiger partial charge in [-0.2, -0.15) is 12.6 Å². The van der Waals surface area contributed by atoms with E-state index in [2.05, 4.69) is 41.9 Å². The van der Waals surface area contributed by atoms with Gasteiger partial charge in [0, 0.05) is 19.1 Å². The monoisotopic (exact) mass is 321 g/mol. The largest absolute Gasteiger partial charge is 0.353 e. The minimum Gasteiger partial charge on any atom is -0.353 e. The Morgan fingerprint density at radius 2 is 2.18 bits per heavy atom. The van der Waals surface area contributed by atoms with Crippen LogP contribution < -0.4 is 5.32 Å². The first-order valence-electron chi connectivity index (χ1n) is 9.11. The molecule has 0 aromatic rings. The second-order valence-corrected chi connectivity index (χ2v) is 7.75. The van der Waals surface area contributed by atoms with Gasteiger partial charge in [-0.3, -0.25) is 0 Å². The third-order valence-electron chi connectivity index (χ3n) is 5.36. The fourth-order valence-electron chi connectivity index (χ4n) is 4.01. The molecule has 0 saturated heterocycles. The molecule has 3 nitrogen and oxygen atoms in total. The Balaban J connectivity index is 1.71. The van der Waals surface area contributed by atoms with E-state index in [1.165, 1.54) is 51.0 Å². The minimum absolute atomic E-state index is 0.567. The van der Waals surface area contributed by atoms with Crippen molar-refractivity contribution in [1.82, 2.24) is 10.2 Å². The Kier molecular flexibility index (Phi) is 5.72. The van der Waals surface area contributed by atoms with Gasteiger partial charge in [-0.15, -0.1) is 0 Å². The zero-order valence-corrected chi connectivity index (χ0v) is 14.8. The fraction of sp³-hybridized carbons (Fsp3) is 0.833. The third-order valence-corrected chi connectivity index (χ3v) is 5.98. The molecule has 0 amide bonds. The van der Waals surface area contributed by atoms with Crippen molar-refractivity contribution in [3.8, 4) is 0 Å². The van der Waals surface area contributed by atoms with E-state index in [0.29, 0.717) is 18.0 Å². The van der Waals surface area contributed by atoms with Gasteiger partial charge in [0.25, 0.3) is 0 Å². The maximum Gasteiger partial charge on any atom is 0.194 e. The number of nitrogens with one attached hydrogen (secondary N) is 1. The van der Waals surface area contributed by atoms with Gasteiger partial charge in [0.2, 0.25) is 0 Å². The highest BCUT2D eigenvalue weighted by molar-refractivity contribution is 7.80. The van der Waals surface area contributed by atoms with Crippen molar-refractivity contribution in [2.75, 3.05) is 18.8 Å². The summed E-state index contributed by atoms with van der Waals surface area (Å²) in [6.07, 6.45) is 13.6. The topological polar surface area (TPSA) is 27.6 Å². The van der Waals surface area contributed by atoms with Gasteiger partial charge in [-0.05, 0) is 49.7 Å². The molecule has 1 N–H and O–H groups in total. The zero-order valence-electron chi connectivity index (χ0n) is 13.9. The minimum atomic E-state index is 0.567. The smallest absolute Gasteiger partial charge is 0.194 e. The Bertz CT molecular complexity index is 421. The first-order chi connectivity index (χ1) is 10.8. The maximum atomic E-state index is 5.15. The van der Waals surface area contributed by atoms with E-state index < -0.39 is 0 Å². The summed E-state index contributed by atoms with van der Waals surface area (Å²) in [5.74, 6) is 3.51. The second kappa shape index (κ2) is 7.76. The number of thiol groups is 1. The molecule has 0 aromatic heterocycles. The number of fused-ring (bicyclic) bond motifs is 1. The van der Waals surface area contributed by atoms with Crippen molar-refractivity contribution in [2.24, 2.45) is 16.8 Å². The first-order valence-corrected chi connectivity index (χ1v) is 9.74. The van der Waals surface area contributed by atoms with E-state index in [-0.39, 0.29) is 0 Å². The summed E-state index contributed by atoms with van der Waals surface area (Å²) in [5.41, 5.74) is 0. The molecule has 4 atom stereocenters. The lowest BCUT2D eigenvalue weighted by Gasteiger charge is -2.42. The summed E-state index contributed by atoms with van der Waals surface area (Å²) in [5, 5.41) is 3.77. The summed E-state index contributed by atoms with van der Waals surface area (Å²) >= 11 is 4.47. The normalized spacial score (nSPS) is 33.1. The molecule has 3 rings (SSSR count). The van der Waals surface area contributed by atoms with Crippen molar-refractivity contribution in [2.45, 2.75) is 64.0 Å². The van der Waals surface area contributed by atoms with Crippen LogP contribution in [0.25, 0.3) is 0 Å². The molecule has 4 unspecified atom stereocenters. The van der Waals surface area contributed by atoms with E-state index in [1.54, 1.807) is 0 Å². The van der Waals surface area contributed by atoms with Gasteiger partial charge in [0.15, 0.2) is 5.96 Å². The molecule has 2 aliphatic carbocycles. The van der Waals surface area contributed by atoms with E-state index in [4.69, 9.17) is 4.99 Å². The summed E-state index contributed by atoms with van der Waals surface area (Å²) < 4.78 is 0. The molecule has 124 valence electrons. The summed E-state index contributed by atoms with van der Waals surface area (Å²) in [6, 6.07) is 1.13. The predicted molar refractivity (Wildman–Crippen MR) is 97.7 cm³/mol. The predicted octanol–water partition coefficient (Wildman–Crippen LogP) is 3.48. The van der Waals surface area contributed by atoms with Gasteiger partial charge >= 0.3 is 0 Å². The van der Waals surface area contributed by atoms with Gasteiger partial charge in [-0.25, -0.2) is 4.99 Å². The van der Waals surface area contributed by atoms with Crippen molar-refractivity contribution >= 4 is 18.6 Å². The van der Waals surface area contributed by atoms with Crippen molar-refractivity contribution in [1.29, 1.82) is 0 Å². The number of nitrogens with zero attached hydrogens (tertiary/aromatic N) is 2. The van der Waals surface area contributed by atoms with Crippen LogP contribution in [0.2, 0.25) is 0 Å². The molecule has 4 heteroatoms. The number of aliphatic imine (C=N–C) groups is 1. The fourth-order valence-corrected chi connectivity index (χ4v) is 4.13. The lowest BCUT2D eigenvalue weighted by molar-refractivity contribution is 0.204. The molecule has 1 saturated carbocycles. The van der Waals surface area contributed by atoms with Gasteiger partial charge < -0.3 is 10.2 Å². The number of guanidine groups is 1.